The van der Waals surface area contributed by atoms with E-state index in [1.54, 1.807) is 36.4 Å². The van der Waals surface area contributed by atoms with Crippen LogP contribution >= 0.6 is 27.5 Å². The number of hydrogen-bond acceptors (Lipinski definition) is 3. The van der Waals surface area contributed by atoms with Gasteiger partial charge in [0.05, 0.1) is 0 Å². The van der Waals surface area contributed by atoms with Gasteiger partial charge in [-0.05, 0) is 35.4 Å². The van der Waals surface area contributed by atoms with Gasteiger partial charge in [-0.15, -0.1) is 0 Å². The smallest absolute Gasteiger partial charge is 0.424 e. The Morgan fingerprint density at radius 2 is 1.52 bits per heavy atom. The highest BCUT2D eigenvalue weighted by Gasteiger charge is 2.26. The highest BCUT2D eigenvalue weighted by atomic mass is 79.9. The van der Waals surface area contributed by atoms with Crippen molar-refractivity contribution in [1.29, 1.82) is 5.53 Å². The molecule has 0 aliphatic rings. The predicted molar refractivity (Wildman–Crippen MR) is 79.4 cm³/mol. The van der Waals surface area contributed by atoms with E-state index in [0.29, 0.717) is 10.6 Å². The molecule has 2 aromatic carbocycles. The van der Waals surface area contributed by atoms with E-state index in [0.717, 1.165) is 5.56 Å². The van der Waals surface area contributed by atoms with Crippen molar-refractivity contribution in [2.45, 2.75) is 11.1 Å². The van der Waals surface area contributed by atoms with Gasteiger partial charge in [-0.25, -0.2) is 5.53 Å². The Labute approximate surface area is 133 Å². The van der Waals surface area contributed by atoms with Crippen LogP contribution in [0.2, 0.25) is 5.02 Å². The van der Waals surface area contributed by atoms with Gasteiger partial charge in [0.25, 0.3) is 0 Å². The van der Waals surface area contributed by atoms with Gasteiger partial charge in [-0.2, -0.15) is 13.9 Å². The van der Waals surface area contributed by atoms with Gasteiger partial charge in [0.15, 0.2) is 0 Å². The lowest BCUT2D eigenvalue weighted by atomic mass is 9.99. The molecule has 0 saturated carbocycles. The van der Waals surface area contributed by atoms with Gasteiger partial charge in [-0.1, -0.05) is 35.9 Å². The molecule has 7 heteroatoms. The predicted octanol–water partition coefficient (Wildman–Crippen LogP) is 5.78. The Kier molecular flexibility index (Phi) is 4.90. The molecule has 0 amide bonds. The zero-order chi connectivity index (χ0) is 15.5. The van der Waals surface area contributed by atoms with Crippen molar-refractivity contribution in [3.8, 4) is 5.75 Å². The Hall–Kier alpha value is -1.53. The molecule has 0 heterocycles. The number of alkyl halides is 3. The molecule has 2 aromatic rings. The molecule has 0 saturated heterocycles. The normalized spacial score (nSPS) is 12.8. The monoisotopic (exact) mass is 374 g/mol. The maximum Gasteiger partial charge on any atom is 0.459 e. The minimum absolute atomic E-state index is 0.0143. The molecule has 0 bridgehead atoms. The van der Waals surface area contributed by atoms with Gasteiger partial charge in [0.2, 0.25) is 0 Å². The van der Waals surface area contributed by atoms with Gasteiger partial charge < -0.3 is 4.74 Å². The van der Waals surface area contributed by atoms with Crippen LogP contribution in [-0.4, -0.2) is 5.02 Å². The molecule has 110 valence electrons. The van der Waals surface area contributed by atoms with Crippen molar-refractivity contribution in [1.82, 2.24) is 0 Å². The second-order valence-electron chi connectivity index (χ2n) is 4.20. The Morgan fingerprint density at radius 1 is 1.05 bits per heavy atom. The lowest BCUT2D eigenvalue weighted by Crippen LogP contribution is -2.14. The first kappa shape index (κ1) is 15.9. The molecule has 1 atom stereocenters. The van der Waals surface area contributed by atoms with Crippen LogP contribution in [0.5, 0.6) is 5.75 Å². The van der Waals surface area contributed by atoms with E-state index < -0.39 is 11.1 Å². The van der Waals surface area contributed by atoms with E-state index in [4.69, 9.17) is 17.1 Å². The molecule has 0 radical (unpaired) electrons. The number of rotatable bonds is 5. The molecule has 21 heavy (non-hydrogen) atoms. The Balaban J connectivity index is 2.23. The summed E-state index contributed by atoms with van der Waals surface area (Å²) in [7, 11) is 0. The lowest BCUT2D eigenvalue weighted by Gasteiger charge is -2.14. The van der Waals surface area contributed by atoms with E-state index in [9.17, 15) is 8.78 Å². The highest BCUT2D eigenvalue weighted by molar-refractivity contribution is 9.09. The summed E-state index contributed by atoms with van der Waals surface area (Å²) in [4.78, 5) is 0. The molecular weight excluding hydrogens is 366 g/mol. The molecule has 1 N–H and O–H groups in total. The summed E-state index contributed by atoms with van der Waals surface area (Å²) in [6, 6.07) is 12.4. The Bertz CT molecular complexity index is 614. The number of ether oxygens (including phenoxy) is 1. The fourth-order valence-electron chi connectivity index (χ4n) is 1.84. The second kappa shape index (κ2) is 6.49. The number of benzene rings is 2. The van der Waals surface area contributed by atoms with Crippen LogP contribution < -0.4 is 4.74 Å². The van der Waals surface area contributed by atoms with Crippen LogP contribution in [0.1, 0.15) is 17.2 Å². The molecule has 0 aromatic heterocycles. The van der Waals surface area contributed by atoms with E-state index >= 15 is 0 Å². The highest BCUT2D eigenvalue weighted by Crippen LogP contribution is 2.31. The third-order valence-electron chi connectivity index (χ3n) is 2.74. The average molecular weight is 376 g/mol. The summed E-state index contributed by atoms with van der Waals surface area (Å²) in [5.74, 6) is 0.0143. The standard InChI is InChI=1S/C14H10BrClF2N2O/c15-14(17,18)21-12-7-3-10(4-8-12)13(20-19)9-1-5-11(16)6-2-9/h1-8,13,19H. The summed E-state index contributed by atoms with van der Waals surface area (Å²) >= 11 is 7.92. The first-order valence-corrected chi connectivity index (χ1v) is 7.04. The number of hydrogen-bond donors (Lipinski definition) is 1. The summed E-state index contributed by atoms with van der Waals surface area (Å²) < 4.78 is 29.7. The maximum atomic E-state index is 12.7. The van der Waals surface area contributed by atoms with Gasteiger partial charge in [0.1, 0.15) is 11.8 Å². The lowest BCUT2D eigenvalue weighted by molar-refractivity contribution is -0.0803. The SMILES string of the molecule is N=NC(c1ccc(Cl)cc1)c1ccc(OC(F)(F)Br)cc1. The number of nitrogens with one attached hydrogen (secondary N) is 1. The first-order chi connectivity index (χ1) is 9.89. The third kappa shape index (κ3) is 4.47. The molecule has 0 aliphatic heterocycles. The molecule has 0 spiro atoms. The van der Waals surface area contributed by atoms with Crippen molar-refractivity contribution >= 4 is 27.5 Å². The van der Waals surface area contributed by atoms with Gasteiger partial charge in [0, 0.05) is 21.0 Å². The maximum absolute atomic E-state index is 12.7. The zero-order valence-corrected chi connectivity index (χ0v) is 12.9. The van der Waals surface area contributed by atoms with Crippen LogP contribution in [0, 0.1) is 5.53 Å². The van der Waals surface area contributed by atoms with Crippen molar-refractivity contribution in [3.63, 3.8) is 0 Å². The first-order valence-electron chi connectivity index (χ1n) is 5.87. The quantitative estimate of drug-likeness (QED) is 0.522. The topological polar surface area (TPSA) is 45.4 Å². The largest absolute Gasteiger partial charge is 0.459 e. The fourth-order valence-corrected chi connectivity index (χ4v) is 2.15. The summed E-state index contributed by atoms with van der Waals surface area (Å²) in [6.07, 6.45) is 0. The van der Waals surface area contributed by atoms with E-state index in [-0.39, 0.29) is 5.75 Å². The van der Waals surface area contributed by atoms with Crippen LogP contribution in [0.25, 0.3) is 0 Å². The molecule has 2 rings (SSSR count). The third-order valence-corrected chi connectivity index (χ3v) is 3.16. The molecule has 0 aliphatic carbocycles. The number of nitrogens with zero attached hydrogens (tertiary/aromatic N) is 1. The fraction of sp³-hybridized carbons (Fsp3) is 0.143. The molecule has 0 fully saturated rings. The summed E-state index contributed by atoms with van der Waals surface area (Å²) in [6.45, 7) is 0. The van der Waals surface area contributed by atoms with E-state index in [2.05, 4.69) is 25.8 Å². The zero-order valence-electron chi connectivity index (χ0n) is 10.6. The van der Waals surface area contributed by atoms with E-state index in [1.807, 2.05) is 0 Å². The van der Waals surface area contributed by atoms with Crippen molar-refractivity contribution in [2.75, 3.05) is 0 Å². The van der Waals surface area contributed by atoms with Gasteiger partial charge >= 0.3 is 5.02 Å². The van der Waals surface area contributed by atoms with E-state index in [1.165, 1.54) is 12.1 Å². The average Bonchev–Trinajstić information content (AvgIpc) is 2.42. The number of halogens is 4. The minimum atomic E-state index is -3.41. The van der Waals surface area contributed by atoms with Crippen LogP contribution in [-0.2, 0) is 0 Å². The van der Waals surface area contributed by atoms with Crippen molar-refractivity contribution in [3.05, 3.63) is 64.7 Å². The summed E-state index contributed by atoms with van der Waals surface area (Å²) in [5, 5.41) is 0.747. The second-order valence-corrected chi connectivity index (χ2v) is 5.56. The van der Waals surface area contributed by atoms with Crippen LogP contribution in [0.4, 0.5) is 8.78 Å². The minimum Gasteiger partial charge on any atom is -0.424 e. The van der Waals surface area contributed by atoms with Crippen molar-refractivity contribution in [2.24, 2.45) is 5.11 Å². The molecule has 3 nitrogen and oxygen atoms in total. The molecule has 1 unspecified atom stereocenters. The van der Waals surface area contributed by atoms with Crippen LogP contribution in [0.15, 0.2) is 53.6 Å². The van der Waals surface area contributed by atoms with Crippen LogP contribution in [0.3, 0.4) is 0 Å². The summed E-state index contributed by atoms with van der Waals surface area (Å²) in [5.41, 5.74) is 8.80. The van der Waals surface area contributed by atoms with Crippen molar-refractivity contribution < 1.29 is 13.5 Å². The molecular formula is C14H10BrClF2N2O. The van der Waals surface area contributed by atoms with Gasteiger partial charge in [-0.3, -0.25) is 0 Å². The Morgan fingerprint density at radius 3 is 1.95 bits per heavy atom.